The van der Waals surface area contributed by atoms with Gasteiger partial charge in [-0.1, -0.05) is 6.08 Å². The molecular weight excluding hydrogens is 188 g/mol. The van der Waals surface area contributed by atoms with Crippen LogP contribution >= 0.6 is 0 Å². The second-order valence-electron chi connectivity index (χ2n) is 3.06. The quantitative estimate of drug-likeness (QED) is 0.506. The summed E-state index contributed by atoms with van der Waals surface area (Å²) < 4.78 is 49.5. The predicted molar refractivity (Wildman–Crippen MR) is 38.8 cm³/mol. The van der Waals surface area contributed by atoms with Crippen LogP contribution < -0.4 is 0 Å². The summed E-state index contributed by atoms with van der Waals surface area (Å²) in [5.41, 5.74) is -0.145. The molecule has 1 aliphatic carbocycles. The van der Waals surface area contributed by atoms with Crippen molar-refractivity contribution in [1.82, 2.24) is 0 Å². The number of rotatable bonds is 1. The van der Waals surface area contributed by atoms with Crippen LogP contribution in [0, 0.1) is 5.92 Å². The lowest BCUT2D eigenvalue weighted by atomic mass is 9.87. The van der Waals surface area contributed by atoms with Gasteiger partial charge in [-0.15, -0.1) is 0 Å². The number of halogens is 4. The maximum Gasteiger partial charge on any atom is 0.394 e. The molecule has 1 rings (SSSR count). The maximum atomic E-state index is 13.1. The van der Waals surface area contributed by atoms with Gasteiger partial charge < -0.3 is 5.11 Å². The summed E-state index contributed by atoms with van der Waals surface area (Å²) in [5, 5.41) is 8.57. The fourth-order valence-corrected chi connectivity index (χ4v) is 1.45. The third-order valence-electron chi connectivity index (χ3n) is 2.19. The fourth-order valence-electron chi connectivity index (χ4n) is 1.45. The van der Waals surface area contributed by atoms with Gasteiger partial charge in [-0.25, -0.2) is 4.39 Å². The first-order chi connectivity index (χ1) is 5.96. The Hall–Kier alpha value is -0.580. The van der Waals surface area contributed by atoms with Crippen LogP contribution in [0.4, 0.5) is 17.6 Å². The van der Waals surface area contributed by atoms with Crippen molar-refractivity contribution < 1.29 is 22.7 Å². The van der Waals surface area contributed by atoms with Gasteiger partial charge in [0.2, 0.25) is 0 Å². The van der Waals surface area contributed by atoms with Gasteiger partial charge in [0, 0.05) is 0 Å². The molecule has 0 radical (unpaired) electrons. The lowest BCUT2D eigenvalue weighted by molar-refractivity contribution is -0.190. The van der Waals surface area contributed by atoms with Gasteiger partial charge in [0.25, 0.3) is 0 Å². The summed E-state index contributed by atoms with van der Waals surface area (Å²) in [5.74, 6) is -1.94. The molecule has 0 aromatic rings. The molecule has 0 amide bonds. The minimum absolute atomic E-state index is 0.145. The number of hydrogen-bond acceptors (Lipinski definition) is 1. The van der Waals surface area contributed by atoms with Crippen molar-refractivity contribution in [3.05, 3.63) is 11.6 Å². The van der Waals surface area contributed by atoms with Crippen molar-refractivity contribution >= 4 is 0 Å². The Balaban J connectivity index is 2.77. The van der Waals surface area contributed by atoms with Gasteiger partial charge >= 0.3 is 6.18 Å². The molecule has 0 spiro atoms. The number of alkyl halides is 4. The molecule has 5 heteroatoms. The van der Waals surface area contributed by atoms with Crippen molar-refractivity contribution in [3.63, 3.8) is 0 Å². The smallest absolute Gasteiger partial charge is 0.392 e. The molecule has 0 aromatic heterocycles. The highest BCUT2D eigenvalue weighted by Gasteiger charge is 2.46. The molecule has 76 valence electrons. The molecule has 1 aliphatic rings. The Morgan fingerprint density at radius 3 is 2.54 bits per heavy atom. The van der Waals surface area contributed by atoms with Crippen molar-refractivity contribution in [2.24, 2.45) is 5.92 Å². The molecule has 0 saturated heterocycles. The number of aliphatic hydroxyl groups excluding tert-OH is 1. The Morgan fingerprint density at radius 1 is 1.46 bits per heavy atom. The largest absolute Gasteiger partial charge is 0.394 e. The topological polar surface area (TPSA) is 20.2 Å². The summed E-state index contributed by atoms with van der Waals surface area (Å²) in [7, 11) is 0. The number of hydrogen-bond donors (Lipinski definition) is 1. The van der Waals surface area contributed by atoms with E-state index in [2.05, 4.69) is 0 Å². The van der Waals surface area contributed by atoms with E-state index >= 15 is 0 Å². The molecule has 2 atom stereocenters. The van der Waals surface area contributed by atoms with E-state index in [1.54, 1.807) is 0 Å². The van der Waals surface area contributed by atoms with Gasteiger partial charge in [-0.05, 0) is 18.4 Å². The van der Waals surface area contributed by atoms with Crippen molar-refractivity contribution in [1.29, 1.82) is 0 Å². The van der Waals surface area contributed by atoms with Gasteiger partial charge in [-0.3, -0.25) is 0 Å². The molecule has 0 saturated carbocycles. The van der Waals surface area contributed by atoms with Gasteiger partial charge in [0.15, 0.2) is 0 Å². The van der Waals surface area contributed by atoms with E-state index in [1.165, 1.54) is 6.08 Å². The molecule has 0 aromatic carbocycles. The Kier molecular flexibility index (Phi) is 2.95. The van der Waals surface area contributed by atoms with Crippen LogP contribution in [0.15, 0.2) is 11.6 Å². The standard InChI is InChI=1S/C8H10F4O/c9-7-5(4-13)2-1-3-6(7)8(10,11)12/h2,6-7,13H,1,3-4H2. The summed E-state index contributed by atoms with van der Waals surface area (Å²) in [6, 6.07) is 0. The first kappa shape index (κ1) is 10.5. The zero-order valence-electron chi connectivity index (χ0n) is 6.81. The first-order valence-corrected chi connectivity index (χ1v) is 3.97. The molecule has 1 nitrogen and oxygen atoms in total. The molecule has 2 unspecified atom stereocenters. The third kappa shape index (κ3) is 2.21. The van der Waals surface area contributed by atoms with E-state index in [-0.39, 0.29) is 18.4 Å². The van der Waals surface area contributed by atoms with E-state index in [1.807, 2.05) is 0 Å². The molecule has 0 aliphatic heterocycles. The van der Waals surface area contributed by atoms with Crippen LogP contribution in [-0.2, 0) is 0 Å². The maximum absolute atomic E-state index is 13.1. The highest BCUT2D eigenvalue weighted by atomic mass is 19.4. The number of allylic oxidation sites excluding steroid dienone is 1. The van der Waals surface area contributed by atoms with Crippen LogP contribution in [0.5, 0.6) is 0 Å². The Bertz CT molecular complexity index is 209. The van der Waals surface area contributed by atoms with Gasteiger partial charge in [-0.2, -0.15) is 13.2 Å². The van der Waals surface area contributed by atoms with Crippen LogP contribution in [0.1, 0.15) is 12.8 Å². The molecular formula is C8H10F4O. The molecule has 13 heavy (non-hydrogen) atoms. The summed E-state index contributed by atoms with van der Waals surface area (Å²) in [4.78, 5) is 0. The predicted octanol–water partition coefficient (Wildman–Crippen LogP) is 2.22. The van der Waals surface area contributed by atoms with Gasteiger partial charge in [0.1, 0.15) is 6.17 Å². The average molecular weight is 198 g/mol. The van der Waals surface area contributed by atoms with Crippen LogP contribution in [0.3, 0.4) is 0 Å². The minimum atomic E-state index is -4.51. The fraction of sp³-hybridized carbons (Fsp3) is 0.750. The summed E-state index contributed by atoms with van der Waals surface area (Å²) in [6.45, 7) is -0.631. The zero-order valence-corrected chi connectivity index (χ0v) is 6.81. The first-order valence-electron chi connectivity index (χ1n) is 3.97. The van der Waals surface area contributed by atoms with Crippen molar-refractivity contribution in [2.45, 2.75) is 25.2 Å². The van der Waals surface area contributed by atoms with Crippen LogP contribution in [0.2, 0.25) is 0 Å². The lowest BCUT2D eigenvalue weighted by Gasteiger charge is -2.27. The van der Waals surface area contributed by atoms with Crippen LogP contribution in [-0.4, -0.2) is 24.1 Å². The van der Waals surface area contributed by atoms with Crippen LogP contribution in [0.25, 0.3) is 0 Å². The van der Waals surface area contributed by atoms with E-state index < -0.39 is 24.9 Å². The third-order valence-corrected chi connectivity index (χ3v) is 2.19. The normalized spacial score (nSPS) is 30.1. The van der Waals surface area contributed by atoms with E-state index in [9.17, 15) is 17.6 Å². The molecule has 0 bridgehead atoms. The highest BCUT2D eigenvalue weighted by molar-refractivity contribution is 5.14. The van der Waals surface area contributed by atoms with E-state index in [0.29, 0.717) is 0 Å². The average Bonchev–Trinajstić information content (AvgIpc) is 2.02. The van der Waals surface area contributed by atoms with Crippen molar-refractivity contribution in [3.8, 4) is 0 Å². The molecule has 1 N–H and O–H groups in total. The SMILES string of the molecule is OCC1=CCCC(C(F)(F)F)C1F. The molecule has 0 heterocycles. The van der Waals surface area contributed by atoms with Gasteiger partial charge in [0.05, 0.1) is 12.5 Å². The Labute approximate surface area is 73.1 Å². The minimum Gasteiger partial charge on any atom is -0.392 e. The highest BCUT2D eigenvalue weighted by Crippen LogP contribution is 2.39. The number of aliphatic hydroxyl groups is 1. The van der Waals surface area contributed by atoms with E-state index in [0.717, 1.165) is 0 Å². The zero-order chi connectivity index (χ0) is 10.1. The van der Waals surface area contributed by atoms with Crippen molar-refractivity contribution in [2.75, 3.05) is 6.61 Å². The second kappa shape index (κ2) is 3.65. The lowest BCUT2D eigenvalue weighted by Crippen LogP contribution is -2.35. The Morgan fingerprint density at radius 2 is 2.08 bits per heavy atom. The summed E-state index contributed by atoms with van der Waals surface area (Å²) in [6.07, 6.45) is -5.28. The summed E-state index contributed by atoms with van der Waals surface area (Å²) >= 11 is 0. The second-order valence-corrected chi connectivity index (χ2v) is 3.06. The van der Waals surface area contributed by atoms with E-state index in [4.69, 9.17) is 5.11 Å². The molecule has 0 fully saturated rings. The monoisotopic (exact) mass is 198 g/mol.